The number of benzene rings is 4. The molecule has 7 heteroatoms. The molecule has 0 aromatic heterocycles. The van der Waals surface area contributed by atoms with Gasteiger partial charge in [0.15, 0.2) is 10.7 Å². The molecular formula is C29H24N4O2S. The van der Waals surface area contributed by atoms with Crippen LogP contribution in [0, 0.1) is 24.0 Å². The number of aliphatic imine (C=N–C) groups is 2. The lowest BCUT2D eigenvalue weighted by Crippen LogP contribution is -2.30. The number of hydrogen-bond acceptors (Lipinski definition) is 6. The van der Waals surface area contributed by atoms with Crippen LogP contribution in [-0.2, 0) is 5.54 Å². The van der Waals surface area contributed by atoms with Crippen molar-refractivity contribution in [2.45, 2.75) is 19.4 Å². The minimum Gasteiger partial charge on any atom is -0.335 e. The first-order valence-corrected chi connectivity index (χ1v) is 12.3. The number of nitrogens with zero attached hydrogens (tertiary/aromatic N) is 3. The number of nitrogens with one attached hydrogen (secondary N) is 1. The van der Waals surface area contributed by atoms with Crippen molar-refractivity contribution in [1.29, 1.82) is 0 Å². The van der Waals surface area contributed by atoms with E-state index in [1.165, 1.54) is 23.9 Å². The molecule has 4 aromatic carbocycles. The van der Waals surface area contributed by atoms with Gasteiger partial charge in [0.2, 0.25) is 0 Å². The Balaban J connectivity index is 1.68. The molecule has 0 amide bonds. The van der Waals surface area contributed by atoms with Gasteiger partial charge in [0, 0.05) is 17.8 Å². The zero-order valence-corrected chi connectivity index (χ0v) is 20.7. The van der Waals surface area contributed by atoms with E-state index in [1.807, 2.05) is 42.5 Å². The number of anilines is 1. The van der Waals surface area contributed by atoms with Crippen molar-refractivity contribution >= 4 is 39.0 Å². The van der Waals surface area contributed by atoms with E-state index in [0.717, 1.165) is 38.7 Å². The molecule has 1 aliphatic rings. The van der Waals surface area contributed by atoms with Crippen LogP contribution in [0.25, 0.3) is 0 Å². The summed E-state index contributed by atoms with van der Waals surface area (Å²) in [6, 6.07) is 32.8. The van der Waals surface area contributed by atoms with Crippen LogP contribution in [0.3, 0.4) is 0 Å². The first-order valence-electron chi connectivity index (χ1n) is 11.5. The Morgan fingerprint density at radius 2 is 1.36 bits per heavy atom. The molecular weight excluding hydrogens is 468 g/mol. The number of aryl methyl sites for hydroxylation is 2. The van der Waals surface area contributed by atoms with Gasteiger partial charge in [0.25, 0.3) is 5.69 Å². The minimum absolute atomic E-state index is 0.0433. The molecule has 1 heterocycles. The second-order valence-electron chi connectivity index (χ2n) is 8.55. The number of amidine groups is 1. The smallest absolute Gasteiger partial charge is 0.269 e. The van der Waals surface area contributed by atoms with E-state index < -0.39 is 10.5 Å². The number of nitro benzene ring substituents is 1. The fourth-order valence-corrected chi connectivity index (χ4v) is 5.42. The topological polar surface area (TPSA) is 79.9 Å². The first-order chi connectivity index (χ1) is 17.5. The van der Waals surface area contributed by atoms with Gasteiger partial charge in [-0.25, -0.2) is 9.98 Å². The van der Waals surface area contributed by atoms with Gasteiger partial charge in [-0.1, -0.05) is 78.9 Å². The number of para-hydroxylation sites is 1. The summed E-state index contributed by atoms with van der Waals surface area (Å²) in [5, 5.41) is 15.9. The Morgan fingerprint density at radius 1 is 0.806 bits per heavy atom. The molecule has 0 saturated heterocycles. The molecule has 0 radical (unpaired) electrons. The Hall–Kier alpha value is -4.23. The predicted molar refractivity (Wildman–Crippen MR) is 148 cm³/mol. The van der Waals surface area contributed by atoms with E-state index in [0.29, 0.717) is 5.17 Å². The maximum absolute atomic E-state index is 11.1. The summed E-state index contributed by atoms with van der Waals surface area (Å²) >= 11 is 1.48. The summed E-state index contributed by atoms with van der Waals surface area (Å²) in [6.07, 6.45) is 0. The second kappa shape index (κ2) is 9.79. The zero-order chi connectivity index (χ0) is 25.1. The van der Waals surface area contributed by atoms with E-state index in [1.54, 1.807) is 12.1 Å². The van der Waals surface area contributed by atoms with Crippen LogP contribution in [0.4, 0.5) is 17.1 Å². The molecule has 178 valence electrons. The van der Waals surface area contributed by atoms with E-state index in [-0.39, 0.29) is 5.69 Å². The third-order valence-electron chi connectivity index (χ3n) is 6.14. The molecule has 0 saturated carbocycles. The van der Waals surface area contributed by atoms with E-state index >= 15 is 0 Å². The van der Waals surface area contributed by atoms with Crippen molar-refractivity contribution in [3.63, 3.8) is 0 Å². The third-order valence-corrected chi connectivity index (χ3v) is 7.10. The van der Waals surface area contributed by atoms with Crippen LogP contribution >= 0.6 is 11.8 Å². The van der Waals surface area contributed by atoms with E-state index in [4.69, 9.17) is 9.98 Å². The molecule has 5 rings (SSSR count). The Bertz CT molecular complexity index is 1410. The zero-order valence-electron chi connectivity index (χ0n) is 19.9. The number of rotatable bonds is 5. The lowest BCUT2D eigenvalue weighted by molar-refractivity contribution is -0.384. The van der Waals surface area contributed by atoms with Gasteiger partial charge >= 0.3 is 0 Å². The number of hydrogen-bond donors (Lipinski definition) is 1. The first kappa shape index (κ1) is 23.5. The number of non-ortho nitro benzene ring substituents is 1. The van der Waals surface area contributed by atoms with Crippen molar-refractivity contribution in [2.24, 2.45) is 9.98 Å². The molecule has 1 aliphatic heterocycles. The standard InChI is InChI=1S/C29H24N4O2S/c1-20-10-9-11-21(2)26(20)31-27-29(22-12-5-3-6-13-22,23-14-7-4-8-15-23)32-28(36-27)30-24-16-18-25(19-17-24)33(34)35/h3-19H,1-2H3,(H,30,32). The summed E-state index contributed by atoms with van der Waals surface area (Å²) in [5.74, 6) is 0. The normalized spacial score (nSPS) is 15.5. The van der Waals surface area contributed by atoms with Crippen molar-refractivity contribution in [2.75, 3.05) is 5.32 Å². The summed E-state index contributed by atoms with van der Waals surface area (Å²) in [6.45, 7) is 4.13. The Labute approximate surface area is 214 Å². The van der Waals surface area contributed by atoms with Crippen LogP contribution < -0.4 is 5.32 Å². The highest BCUT2D eigenvalue weighted by molar-refractivity contribution is 8.27. The molecule has 0 spiro atoms. The van der Waals surface area contributed by atoms with Gasteiger partial charge < -0.3 is 5.32 Å². The van der Waals surface area contributed by atoms with Gasteiger partial charge in [-0.05, 0) is 60.0 Å². The predicted octanol–water partition coefficient (Wildman–Crippen LogP) is 7.40. The summed E-state index contributed by atoms with van der Waals surface area (Å²) in [4.78, 5) is 21.1. The average Bonchev–Trinajstić information content (AvgIpc) is 3.26. The summed E-state index contributed by atoms with van der Waals surface area (Å²) < 4.78 is 0. The summed E-state index contributed by atoms with van der Waals surface area (Å²) in [5.41, 5.74) is 5.05. The highest BCUT2D eigenvalue weighted by atomic mass is 32.2. The quantitative estimate of drug-likeness (QED) is 0.232. The molecule has 36 heavy (non-hydrogen) atoms. The monoisotopic (exact) mass is 492 g/mol. The lowest BCUT2D eigenvalue weighted by Gasteiger charge is -2.28. The minimum atomic E-state index is -0.842. The van der Waals surface area contributed by atoms with Crippen molar-refractivity contribution in [3.8, 4) is 0 Å². The molecule has 6 nitrogen and oxygen atoms in total. The van der Waals surface area contributed by atoms with Gasteiger partial charge in [0.05, 0.1) is 10.6 Å². The Kier molecular flexibility index (Phi) is 6.40. The molecule has 0 bridgehead atoms. The highest BCUT2D eigenvalue weighted by Crippen LogP contribution is 2.46. The van der Waals surface area contributed by atoms with Crippen LogP contribution in [-0.4, -0.2) is 15.1 Å². The Morgan fingerprint density at radius 3 is 1.89 bits per heavy atom. The number of thioether (sulfide) groups is 1. The van der Waals surface area contributed by atoms with Gasteiger partial charge in [-0.2, -0.15) is 0 Å². The van der Waals surface area contributed by atoms with Crippen molar-refractivity contribution in [1.82, 2.24) is 0 Å². The summed E-state index contributed by atoms with van der Waals surface area (Å²) in [7, 11) is 0. The largest absolute Gasteiger partial charge is 0.335 e. The van der Waals surface area contributed by atoms with Crippen LogP contribution in [0.5, 0.6) is 0 Å². The molecule has 1 N–H and O–H groups in total. The fraction of sp³-hybridized carbons (Fsp3) is 0.103. The van der Waals surface area contributed by atoms with Crippen LogP contribution in [0.2, 0.25) is 0 Å². The average molecular weight is 493 g/mol. The molecule has 0 atom stereocenters. The maximum atomic E-state index is 11.1. The molecule has 0 fully saturated rings. The lowest BCUT2D eigenvalue weighted by atomic mass is 9.84. The van der Waals surface area contributed by atoms with Crippen LogP contribution in [0.1, 0.15) is 22.3 Å². The fourth-order valence-electron chi connectivity index (χ4n) is 4.32. The highest BCUT2D eigenvalue weighted by Gasteiger charge is 2.45. The van der Waals surface area contributed by atoms with E-state index in [9.17, 15) is 10.1 Å². The second-order valence-corrected chi connectivity index (χ2v) is 9.53. The third kappa shape index (κ3) is 4.41. The van der Waals surface area contributed by atoms with Crippen LogP contribution in [0.15, 0.2) is 113 Å². The van der Waals surface area contributed by atoms with Gasteiger partial charge in [-0.15, -0.1) is 0 Å². The van der Waals surface area contributed by atoms with Gasteiger partial charge in [0.1, 0.15) is 5.04 Å². The maximum Gasteiger partial charge on any atom is 0.269 e. The molecule has 4 aromatic rings. The molecule has 0 aliphatic carbocycles. The molecule has 0 unspecified atom stereocenters. The van der Waals surface area contributed by atoms with E-state index in [2.05, 4.69) is 55.6 Å². The van der Waals surface area contributed by atoms with Gasteiger partial charge in [-0.3, -0.25) is 10.1 Å². The SMILES string of the molecule is Cc1cccc(C)c1N=C1SC(Nc2ccc([N+](=O)[O-])cc2)=NC1(c1ccccc1)c1ccccc1. The number of nitro groups is 1. The van der Waals surface area contributed by atoms with Crippen molar-refractivity contribution < 1.29 is 4.92 Å². The van der Waals surface area contributed by atoms with Crippen molar-refractivity contribution in [3.05, 3.63) is 135 Å².